The van der Waals surface area contributed by atoms with Crippen molar-refractivity contribution in [2.75, 3.05) is 13.2 Å². The molecule has 1 unspecified atom stereocenters. The Bertz CT molecular complexity index is 1360. The van der Waals surface area contributed by atoms with Crippen LogP contribution in [0.25, 0.3) is 0 Å². The van der Waals surface area contributed by atoms with E-state index in [1.807, 2.05) is 0 Å². The number of ether oxygens (including phenoxy) is 3. The maximum atomic E-state index is 12.9. The first-order valence-electron chi connectivity index (χ1n) is 31.4. The highest BCUT2D eigenvalue weighted by Gasteiger charge is 2.19. The summed E-state index contributed by atoms with van der Waals surface area (Å²) in [4.78, 5) is 38.3. The second kappa shape index (κ2) is 61.4. The molecule has 0 spiro atoms. The molecule has 0 aliphatic heterocycles. The van der Waals surface area contributed by atoms with Gasteiger partial charge in [0.05, 0.1) is 0 Å². The molecule has 422 valence electrons. The van der Waals surface area contributed by atoms with Crippen LogP contribution in [-0.2, 0) is 28.6 Å². The lowest BCUT2D eigenvalue weighted by atomic mass is 10.1. The standard InChI is InChI=1S/C67H118O6/c1-4-7-10-13-16-19-22-25-27-29-31-33-35-37-39-42-45-48-51-54-57-60-66(69)72-63-64(62-71-65(68)59-56-53-50-47-44-41-24-21-18-15-12-9-6-3)73-67(70)61-58-55-52-49-46-43-40-38-36-34-32-30-28-26-23-20-17-14-11-8-5-2/h7,10,16,19,21,24-25,27,30-33,64H,4-6,8-9,11-15,17-18,20,22-23,26,28-29,34-63H2,1-3H3/b10-7-,19-16-,24-21-,27-25-,32-30-,33-31-. The molecule has 1 atom stereocenters. The molecule has 0 saturated heterocycles. The van der Waals surface area contributed by atoms with E-state index in [9.17, 15) is 14.4 Å². The van der Waals surface area contributed by atoms with Gasteiger partial charge in [-0.15, -0.1) is 0 Å². The molecule has 6 heteroatoms. The van der Waals surface area contributed by atoms with E-state index in [0.29, 0.717) is 19.3 Å². The number of hydrogen-bond acceptors (Lipinski definition) is 6. The Morgan fingerprint density at radius 1 is 0.288 bits per heavy atom. The molecule has 0 aromatic heterocycles. The van der Waals surface area contributed by atoms with Crippen LogP contribution in [0.5, 0.6) is 0 Å². The summed E-state index contributed by atoms with van der Waals surface area (Å²) in [7, 11) is 0. The molecule has 0 bridgehead atoms. The Morgan fingerprint density at radius 2 is 0.534 bits per heavy atom. The van der Waals surface area contributed by atoms with E-state index in [4.69, 9.17) is 14.2 Å². The number of carbonyl (C=O) groups is 3. The highest BCUT2D eigenvalue weighted by atomic mass is 16.6. The topological polar surface area (TPSA) is 78.9 Å². The van der Waals surface area contributed by atoms with Gasteiger partial charge >= 0.3 is 17.9 Å². The zero-order chi connectivity index (χ0) is 52.9. The van der Waals surface area contributed by atoms with Crippen LogP contribution in [0, 0.1) is 0 Å². The molecule has 0 saturated carbocycles. The molecule has 0 N–H and O–H groups in total. The Morgan fingerprint density at radius 3 is 0.863 bits per heavy atom. The molecule has 0 rings (SSSR count). The molecule has 6 nitrogen and oxygen atoms in total. The van der Waals surface area contributed by atoms with Crippen LogP contribution in [0.1, 0.15) is 316 Å². The molecule has 0 heterocycles. The summed E-state index contributed by atoms with van der Waals surface area (Å²) < 4.78 is 16.9. The lowest BCUT2D eigenvalue weighted by Crippen LogP contribution is -2.30. The van der Waals surface area contributed by atoms with E-state index in [1.165, 1.54) is 180 Å². The Kier molecular flexibility index (Phi) is 58.7. The van der Waals surface area contributed by atoms with Crippen molar-refractivity contribution in [3.05, 3.63) is 72.9 Å². The minimum Gasteiger partial charge on any atom is -0.462 e. The summed E-state index contributed by atoms with van der Waals surface area (Å²) in [5.41, 5.74) is 0. The third-order valence-electron chi connectivity index (χ3n) is 13.7. The molecular weight excluding hydrogens is 901 g/mol. The van der Waals surface area contributed by atoms with Gasteiger partial charge in [0.2, 0.25) is 0 Å². The van der Waals surface area contributed by atoms with Crippen molar-refractivity contribution < 1.29 is 28.6 Å². The average molecular weight is 1020 g/mol. The summed E-state index contributed by atoms with van der Waals surface area (Å²) in [6, 6.07) is 0. The predicted octanol–water partition coefficient (Wildman–Crippen LogP) is 21.3. The number of allylic oxidation sites excluding steroid dienone is 12. The SMILES string of the molecule is CC/C=C\C/C=C\C/C=C\C/C=C\CCCCCCCCCCC(=O)OCC(COC(=O)CCCCCCC/C=C\CCCCCC)OC(=O)CCCCCCCCCCC/C=C\CCCCCCCCCC. The number of esters is 3. The van der Waals surface area contributed by atoms with Crippen LogP contribution in [-0.4, -0.2) is 37.2 Å². The van der Waals surface area contributed by atoms with Crippen LogP contribution in [0.15, 0.2) is 72.9 Å². The molecule has 0 aromatic rings. The lowest BCUT2D eigenvalue weighted by molar-refractivity contribution is -0.167. The third kappa shape index (κ3) is 59.6. The van der Waals surface area contributed by atoms with Crippen LogP contribution in [0.2, 0.25) is 0 Å². The van der Waals surface area contributed by atoms with Crippen LogP contribution >= 0.6 is 0 Å². The van der Waals surface area contributed by atoms with Gasteiger partial charge in [0.1, 0.15) is 13.2 Å². The highest BCUT2D eigenvalue weighted by molar-refractivity contribution is 5.71. The molecule has 0 radical (unpaired) electrons. The zero-order valence-corrected chi connectivity index (χ0v) is 48.4. The van der Waals surface area contributed by atoms with Gasteiger partial charge in [0.15, 0.2) is 6.10 Å². The summed E-state index contributed by atoms with van der Waals surface area (Å²) >= 11 is 0. The van der Waals surface area contributed by atoms with Gasteiger partial charge in [0, 0.05) is 19.3 Å². The lowest BCUT2D eigenvalue weighted by Gasteiger charge is -2.18. The first-order valence-corrected chi connectivity index (χ1v) is 31.4. The van der Waals surface area contributed by atoms with Crippen LogP contribution < -0.4 is 0 Å². The quantitative estimate of drug-likeness (QED) is 0.0261. The Labute approximate surface area is 453 Å². The number of carbonyl (C=O) groups excluding carboxylic acids is 3. The first-order chi connectivity index (χ1) is 36.0. The highest BCUT2D eigenvalue weighted by Crippen LogP contribution is 2.16. The second-order valence-corrected chi connectivity index (χ2v) is 20.9. The molecular formula is C67H118O6. The molecule has 0 aliphatic carbocycles. The van der Waals surface area contributed by atoms with Gasteiger partial charge in [-0.2, -0.15) is 0 Å². The van der Waals surface area contributed by atoms with Crippen molar-refractivity contribution in [2.45, 2.75) is 322 Å². The molecule has 0 fully saturated rings. The van der Waals surface area contributed by atoms with Crippen molar-refractivity contribution in [3.8, 4) is 0 Å². The van der Waals surface area contributed by atoms with Crippen LogP contribution in [0.4, 0.5) is 0 Å². The van der Waals surface area contributed by atoms with E-state index >= 15 is 0 Å². The fourth-order valence-electron chi connectivity index (χ4n) is 8.95. The van der Waals surface area contributed by atoms with Crippen molar-refractivity contribution in [3.63, 3.8) is 0 Å². The normalized spacial score (nSPS) is 12.5. The summed E-state index contributed by atoms with van der Waals surface area (Å²) in [5, 5.41) is 0. The monoisotopic (exact) mass is 1020 g/mol. The third-order valence-corrected chi connectivity index (χ3v) is 13.7. The summed E-state index contributed by atoms with van der Waals surface area (Å²) in [5.74, 6) is -0.887. The average Bonchev–Trinajstić information content (AvgIpc) is 3.39. The minimum atomic E-state index is -0.784. The van der Waals surface area contributed by atoms with Crippen molar-refractivity contribution in [2.24, 2.45) is 0 Å². The number of unbranched alkanes of at least 4 members (excludes halogenated alkanes) is 34. The minimum absolute atomic E-state index is 0.0817. The van der Waals surface area contributed by atoms with E-state index in [-0.39, 0.29) is 31.1 Å². The summed E-state index contributed by atoms with van der Waals surface area (Å²) in [6.45, 7) is 6.53. The second-order valence-electron chi connectivity index (χ2n) is 20.9. The van der Waals surface area contributed by atoms with Gasteiger partial charge < -0.3 is 14.2 Å². The summed E-state index contributed by atoms with van der Waals surface area (Å²) in [6.07, 6.45) is 79.0. The number of hydrogen-bond donors (Lipinski definition) is 0. The van der Waals surface area contributed by atoms with Gasteiger partial charge in [-0.05, 0) is 109 Å². The maximum Gasteiger partial charge on any atom is 0.306 e. The van der Waals surface area contributed by atoms with Crippen molar-refractivity contribution >= 4 is 17.9 Å². The van der Waals surface area contributed by atoms with Gasteiger partial charge in [-0.1, -0.05) is 261 Å². The number of rotatable bonds is 57. The van der Waals surface area contributed by atoms with E-state index in [2.05, 4.69) is 93.7 Å². The van der Waals surface area contributed by atoms with Gasteiger partial charge in [-0.3, -0.25) is 14.4 Å². The smallest absolute Gasteiger partial charge is 0.306 e. The van der Waals surface area contributed by atoms with Crippen molar-refractivity contribution in [1.82, 2.24) is 0 Å². The fourth-order valence-corrected chi connectivity index (χ4v) is 8.95. The first kappa shape index (κ1) is 69.8. The van der Waals surface area contributed by atoms with Gasteiger partial charge in [0.25, 0.3) is 0 Å². The largest absolute Gasteiger partial charge is 0.462 e. The fraction of sp³-hybridized carbons (Fsp3) is 0.776. The molecule has 0 aromatic carbocycles. The maximum absolute atomic E-state index is 12.9. The van der Waals surface area contributed by atoms with Crippen LogP contribution in [0.3, 0.4) is 0 Å². The van der Waals surface area contributed by atoms with Gasteiger partial charge in [-0.25, -0.2) is 0 Å². The Balaban J connectivity index is 4.35. The molecule has 73 heavy (non-hydrogen) atoms. The van der Waals surface area contributed by atoms with E-state index < -0.39 is 6.10 Å². The van der Waals surface area contributed by atoms with E-state index in [1.54, 1.807) is 0 Å². The van der Waals surface area contributed by atoms with E-state index in [0.717, 1.165) is 96.3 Å². The zero-order valence-electron chi connectivity index (χ0n) is 48.4. The molecule has 0 aliphatic rings. The predicted molar refractivity (Wildman–Crippen MR) is 316 cm³/mol. The van der Waals surface area contributed by atoms with Crippen molar-refractivity contribution in [1.29, 1.82) is 0 Å². The molecule has 0 amide bonds. The Hall–Kier alpha value is -3.15.